The average molecular weight is 253 g/mol. The van der Waals surface area contributed by atoms with Crippen LogP contribution in [0.1, 0.15) is 74.0 Å². The van der Waals surface area contributed by atoms with E-state index in [0.29, 0.717) is 6.42 Å². The number of aliphatic carboxylic acids is 1. The molecule has 98 valence electrons. The predicted octanol–water partition coefficient (Wildman–Crippen LogP) is 4.39. The van der Waals surface area contributed by atoms with Gasteiger partial charge in [0.1, 0.15) is 0 Å². The van der Waals surface area contributed by atoms with Crippen molar-refractivity contribution in [3.8, 4) is 0 Å². The minimum absolute atomic E-state index is 0. The Kier molecular flexibility index (Phi) is 18.2. The maximum absolute atomic E-state index is 10.3. The summed E-state index contributed by atoms with van der Waals surface area (Å²) in [5.74, 6) is -0.668. The van der Waals surface area contributed by atoms with Gasteiger partial charge in [-0.3, -0.25) is 4.79 Å². The number of carboxylic acid groups (broad SMARTS) is 1. The van der Waals surface area contributed by atoms with Gasteiger partial charge in [-0.1, -0.05) is 51.2 Å². The number of rotatable bonds is 11. The topological polar surface area (TPSA) is 37.3 Å². The van der Waals surface area contributed by atoms with Crippen molar-refractivity contribution >= 4 is 29.0 Å². The Hall–Kier alpha value is -0.0238. The van der Waals surface area contributed by atoms with Crippen molar-refractivity contribution in [1.82, 2.24) is 0 Å². The van der Waals surface area contributed by atoms with Crippen molar-refractivity contribution in [1.29, 1.82) is 0 Å². The molecule has 0 heterocycles. The first-order valence-electron chi connectivity index (χ1n) is 6.64. The number of carboxylic acids is 1. The van der Waals surface area contributed by atoms with E-state index in [-0.39, 0.29) is 25.9 Å². The van der Waals surface area contributed by atoms with Gasteiger partial charge in [0.05, 0.1) is 0 Å². The summed E-state index contributed by atoms with van der Waals surface area (Å²) >= 11 is 0. The molecule has 0 spiro atoms. The molecule has 0 aliphatic rings. The van der Waals surface area contributed by atoms with Gasteiger partial charge < -0.3 is 7.96 Å². The Morgan fingerprint density at radius 3 is 2.12 bits per heavy atom. The van der Waals surface area contributed by atoms with Crippen LogP contribution in [0.4, 0.5) is 0 Å². The molecular weight excluding hydrogens is 224 g/mol. The minimum Gasteiger partial charge on any atom is -1.00 e. The molecule has 1 N–H and O–H groups in total. The molecule has 0 unspecified atom stereocenters. The van der Waals surface area contributed by atoms with Gasteiger partial charge in [-0.05, 0) is 25.7 Å². The molecule has 0 bridgehead atoms. The summed E-state index contributed by atoms with van der Waals surface area (Å²) in [6.07, 6.45) is 15.4. The summed E-state index contributed by atoms with van der Waals surface area (Å²) in [6.45, 7) is 2.21. The van der Waals surface area contributed by atoms with Gasteiger partial charge in [0.2, 0.25) is 0 Å². The van der Waals surface area contributed by atoms with Gasteiger partial charge in [0.25, 0.3) is 0 Å². The van der Waals surface area contributed by atoms with Crippen molar-refractivity contribution in [2.75, 3.05) is 0 Å². The second-order valence-electron chi connectivity index (χ2n) is 4.31. The minimum atomic E-state index is -0.668. The zero-order valence-corrected chi connectivity index (χ0v) is 12.7. The SMILES string of the molecule is CCCCC=CCCCCCCCC(=O)O.[H-].[H-].[Mg+2]. The molecule has 0 aromatic heterocycles. The Morgan fingerprint density at radius 1 is 1.00 bits per heavy atom. The molecule has 0 aromatic carbocycles. The van der Waals surface area contributed by atoms with Gasteiger partial charge in [0, 0.05) is 6.42 Å². The average Bonchev–Trinajstić information content (AvgIpc) is 2.25. The molecule has 0 aromatic rings. The molecule has 0 aliphatic heterocycles. The summed E-state index contributed by atoms with van der Waals surface area (Å²) in [4.78, 5) is 10.3. The van der Waals surface area contributed by atoms with Crippen LogP contribution in [0.5, 0.6) is 0 Å². The molecule has 0 saturated carbocycles. The zero-order valence-electron chi connectivity index (χ0n) is 13.3. The van der Waals surface area contributed by atoms with Crippen molar-refractivity contribution < 1.29 is 12.8 Å². The summed E-state index contributed by atoms with van der Waals surface area (Å²) in [5, 5.41) is 8.45. The van der Waals surface area contributed by atoms with Crippen LogP contribution in [0, 0.1) is 0 Å². The third-order valence-corrected chi connectivity index (χ3v) is 2.65. The maximum atomic E-state index is 10.3. The Labute approximate surface area is 125 Å². The summed E-state index contributed by atoms with van der Waals surface area (Å²) in [6, 6.07) is 0. The van der Waals surface area contributed by atoms with E-state index in [9.17, 15) is 4.79 Å². The first-order chi connectivity index (χ1) is 7.77. The van der Waals surface area contributed by atoms with E-state index in [1.165, 1.54) is 44.9 Å². The number of hydrogen-bond donors (Lipinski definition) is 1. The van der Waals surface area contributed by atoms with E-state index in [4.69, 9.17) is 5.11 Å². The molecule has 17 heavy (non-hydrogen) atoms. The van der Waals surface area contributed by atoms with Crippen LogP contribution in [0.2, 0.25) is 0 Å². The fourth-order valence-electron chi connectivity index (χ4n) is 1.63. The smallest absolute Gasteiger partial charge is 1.00 e. The first kappa shape index (κ1) is 19.3. The number of carbonyl (C=O) groups is 1. The Morgan fingerprint density at radius 2 is 1.53 bits per heavy atom. The number of hydrogen-bond acceptors (Lipinski definition) is 1. The molecule has 0 atom stereocenters. The number of unbranched alkanes of at least 4 members (excludes halogenated alkanes) is 7. The molecule has 0 radical (unpaired) electrons. The third-order valence-electron chi connectivity index (χ3n) is 2.65. The molecule has 0 aliphatic carbocycles. The fraction of sp³-hybridized carbons (Fsp3) is 0.786. The van der Waals surface area contributed by atoms with Gasteiger partial charge in [-0.15, -0.1) is 0 Å². The Balaban J connectivity index is -0.000000375. The third kappa shape index (κ3) is 18.5. The monoisotopic (exact) mass is 252 g/mol. The number of allylic oxidation sites excluding steroid dienone is 2. The molecule has 0 fully saturated rings. The second-order valence-corrected chi connectivity index (χ2v) is 4.31. The van der Waals surface area contributed by atoms with Crippen LogP contribution in [-0.2, 0) is 4.79 Å². The van der Waals surface area contributed by atoms with Gasteiger partial charge in [-0.2, -0.15) is 0 Å². The van der Waals surface area contributed by atoms with Crippen LogP contribution in [-0.4, -0.2) is 34.1 Å². The van der Waals surface area contributed by atoms with E-state index in [2.05, 4.69) is 19.1 Å². The van der Waals surface area contributed by atoms with Gasteiger partial charge in [-0.25, -0.2) is 0 Å². The van der Waals surface area contributed by atoms with Crippen LogP contribution in [0.3, 0.4) is 0 Å². The predicted molar refractivity (Wildman–Crippen MR) is 76.6 cm³/mol. The molecule has 0 amide bonds. The van der Waals surface area contributed by atoms with Crippen molar-refractivity contribution in [3.05, 3.63) is 12.2 Å². The summed E-state index contributed by atoms with van der Waals surface area (Å²) < 4.78 is 0. The summed E-state index contributed by atoms with van der Waals surface area (Å²) in [7, 11) is 0. The van der Waals surface area contributed by atoms with E-state index < -0.39 is 5.97 Å². The second kappa shape index (κ2) is 16.0. The molecule has 3 heteroatoms. The van der Waals surface area contributed by atoms with Gasteiger partial charge in [0.15, 0.2) is 0 Å². The summed E-state index contributed by atoms with van der Waals surface area (Å²) in [5.41, 5.74) is 0. The molecule has 2 nitrogen and oxygen atoms in total. The molecule has 0 rings (SSSR count). The van der Waals surface area contributed by atoms with Crippen molar-refractivity contribution in [2.24, 2.45) is 0 Å². The van der Waals surface area contributed by atoms with Crippen molar-refractivity contribution in [2.45, 2.75) is 71.1 Å². The fourth-order valence-corrected chi connectivity index (χ4v) is 1.63. The van der Waals surface area contributed by atoms with Crippen molar-refractivity contribution in [3.63, 3.8) is 0 Å². The van der Waals surface area contributed by atoms with Crippen LogP contribution in [0.25, 0.3) is 0 Å². The van der Waals surface area contributed by atoms with E-state index in [1.54, 1.807) is 0 Å². The van der Waals surface area contributed by atoms with E-state index in [0.717, 1.165) is 12.8 Å². The molecule has 0 saturated heterocycles. The molecular formula is C14H28MgO2. The van der Waals surface area contributed by atoms with E-state index >= 15 is 0 Å². The van der Waals surface area contributed by atoms with Crippen LogP contribution >= 0.6 is 0 Å². The van der Waals surface area contributed by atoms with Crippen LogP contribution < -0.4 is 0 Å². The first-order valence-corrected chi connectivity index (χ1v) is 6.64. The maximum Gasteiger partial charge on any atom is 2.00 e. The normalized spacial score (nSPS) is 10.4. The van der Waals surface area contributed by atoms with E-state index in [1.807, 2.05) is 0 Å². The largest absolute Gasteiger partial charge is 2.00 e. The Bertz CT molecular complexity index is 200. The van der Waals surface area contributed by atoms with Crippen LogP contribution in [0.15, 0.2) is 12.2 Å². The van der Waals surface area contributed by atoms with Gasteiger partial charge >= 0.3 is 29.0 Å². The standard InChI is InChI=1S/C14H26O2.Mg.2H/c1-2-3-4-5-6-7-8-9-10-11-12-13-14(15)16;;;/h5-6H,2-4,7-13H2,1H3,(H,15,16);;;/q;+2;2*-1. The zero-order chi connectivity index (χ0) is 12.1. The quantitative estimate of drug-likeness (QED) is 0.336.